The third-order valence-corrected chi connectivity index (χ3v) is 7.99. The lowest BCUT2D eigenvalue weighted by Gasteiger charge is -2.33. The Labute approximate surface area is 238 Å². The number of aromatic nitrogens is 3. The van der Waals surface area contributed by atoms with Crippen molar-refractivity contribution in [3.05, 3.63) is 40.4 Å². The van der Waals surface area contributed by atoms with Gasteiger partial charge in [0.2, 0.25) is 5.91 Å². The number of carboxylic acid groups (broad SMARTS) is 1. The molecule has 0 saturated heterocycles. The largest absolute Gasteiger partial charge is 0.481 e. The van der Waals surface area contributed by atoms with Crippen molar-refractivity contribution >= 4 is 35.1 Å². The first-order valence-corrected chi connectivity index (χ1v) is 14.5. The number of carboxylic acids is 1. The van der Waals surface area contributed by atoms with Gasteiger partial charge in [-0.15, -0.1) is 11.3 Å². The van der Waals surface area contributed by atoms with Crippen LogP contribution in [0.4, 0.5) is 0 Å². The van der Waals surface area contributed by atoms with Crippen LogP contribution in [0.2, 0.25) is 0 Å². The van der Waals surface area contributed by atoms with Gasteiger partial charge in [0.25, 0.3) is 5.91 Å². The van der Waals surface area contributed by atoms with Crippen molar-refractivity contribution in [3.63, 3.8) is 0 Å². The SMILES string of the molecule is CC(=O)O[C@H](CC(C(C)C)N(C)C(=O)CC1CC1)c1nc(C(=O)N[C@@H](Cc2ncccn2)C[C@H](C)C(=O)O)cs1. The number of esters is 1. The summed E-state index contributed by atoms with van der Waals surface area (Å²) < 4.78 is 5.63. The van der Waals surface area contributed by atoms with E-state index in [1.165, 1.54) is 18.3 Å². The molecule has 40 heavy (non-hydrogen) atoms. The number of carbonyl (C=O) groups is 4. The van der Waals surface area contributed by atoms with Crippen molar-refractivity contribution in [2.45, 2.75) is 84.4 Å². The minimum atomic E-state index is -0.964. The van der Waals surface area contributed by atoms with Gasteiger partial charge in [0, 0.05) is 63.1 Å². The molecule has 2 amide bonds. The monoisotopic (exact) mass is 573 g/mol. The second-order valence-electron chi connectivity index (χ2n) is 10.9. The highest BCUT2D eigenvalue weighted by Crippen LogP contribution is 2.35. The third-order valence-electron chi connectivity index (χ3n) is 7.06. The predicted molar refractivity (Wildman–Crippen MR) is 148 cm³/mol. The van der Waals surface area contributed by atoms with E-state index in [9.17, 15) is 24.3 Å². The smallest absolute Gasteiger partial charge is 0.306 e. The molecule has 0 aromatic carbocycles. The molecule has 0 radical (unpaired) electrons. The molecule has 218 valence electrons. The van der Waals surface area contributed by atoms with E-state index in [-0.39, 0.29) is 36.4 Å². The summed E-state index contributed by atoms with van der Waals surface area (Å²) in [5.74, 6) is -1.49. The minimum absolute atomic E-state index is 0.0750. The Hall–Kier alpha value is -3.41. The molecule has 3 rings (SSSR count). The number of thiazole rings is 1. The van der Waals surface area contributed by atoms with E-state index >= 15 is 0 Å². The molecule has 12 heteroatoms. The van der Waals surface area contributed by atoms with Crippen molar-refractivity contribution in [1.82, 2.24) is 25.2 Å². The van der Waals surface area contributed by atoms with Gasteiger partial charge in [-0.05, 0) is 37.2 Å². The van der Waals surface area contributed by atoms with E-state index < -0.39 is 35.9 Å². The molecule has 0 spiro atoms. The van der Waals surface area contributed by atoms with E-state index in [4.69, 9.17) is 4.74 Å². The standard InChI is InChI=1S/C28H39N5O6S/c1-16(2)22(33(5)25(35)12-19-7-8-19)14-23(39-18(4)34)27-32-21(15-40-27)26(36)31-20(11-17(3)28(37)38)13-24-29-9-6-10-30-24/h6,9-10,15-17,19-20,22-23H,7-8,11-14H2,1-5H3,(H,31,36)(H,37,38)/t17-,20+,22?,23+/m0/s1. The number of nitrogens with one attached hydrogen (secondary N) is 1. The van der Waals surface area contributed by atoms with Crippen molar-refractivity contribution in [3.8, 4) is 0 Å². The van der Waals surface area contributed by atoms with Crippen LogP contribution in [0.1, 0.15) is 87.2 Å². The molecule has 0 bridgehead atoms. The third kappa shape index (κ3) is 9.35. The van der Waals surface area contributed by atoms with Crippen LogP contribution in [0, 0.1) is 17.8 Å². The Morgan fingerprint density at radius 2 is 1.82 bits per heavy atom. The molecule has 1 aliphatic carbocycles. The molecule has 4 atom stereocenters. The van der Waals surface area contributed by atoms with Gasteiger partial charge in [0.05, 0.1) is 5.92 Å². The van der Waals surface area contributed by atoms with E-state index in [1.54, 1.807) is 42.7 Å². The van der Waals surface area contributed by atoms with Gasteiger partial charge in [0.15, 0.2) is 6.10 Å². The molecule has 1 fully saturated rings. The van der Waals surface area contributed by atoms with Crippen LogP contribution >= 0.6 is 11.3 Å². The van der Waals surface area contributed by atoms with Crippen LogP contribution in [-0.2, 0) is 25.5 Å². The zero-order valence-corrected chi connectivity index (χ0v) is 24.5. The summed E-state index contributed by atoms with van der Waals surface area (Å²) in [6, 6.07) is 0.953. The highest BCUT2D eigenvalue weighted by atomic mass is 32.1. The Bertz CT molecular complexity index is 1170. The van der Waals surface area contributed by atoms with Gasteiger partial charge in [-0.3, -0.25) is 19.2 Å². The molecule has 2 aromatic rings. The molecule has 0 aliphatic heterocycles. The Balaban J connectivity index is 1.75. The second kappa shape index (κ2) is 14.3. The molecule has 1 unspecified atom stereocenters. The summed E-state index contributed by atoms with van der Waals surface area (Å²) >= 11 is 1.20. The molecule has 1 aliphatic rings. The van der Waals surface area contributed by atoms with Crippen LogP contribution in [0.25, 0.3) is 0 Å². The van der Waals surface area contributed by atoms with Crippen molar-refractivity contribution in [1.29, 1.82) is 0 Å². The fourth-order valence-electron chi connectivity index (χ4n) is 4.57. The van der Waals surface area contributed by atoms with E-state index in [2.05, 4.69) is 20.3 Å². The Morgan fingerprint density at radius 1 is 1.15 bits per heavy atom. The van der Waals surface area contributed by atoms with Crippen LogP contribution in [0.15, 0.2) is 23.8 Å². The fourth-order valence-corrected chi connectivity index (χ4v) is 5.41. The number of rotatable bonds is 15. The normalized spacial score (nSPS) is 16.1. The topological polar surface area (TPSA) is 152 Å². The summed E-state index contributed by atoms with van der Waals surface area (Å²) in [4.78, 5) is 64.1. The van der Waals surface area contributed by atoms with Gasteiger partial charge in [-0.1, -0.05) is 20.8 Å². The van der Waals surface area contributed by atoms with Gasteiger partial charge in [-0.2, -0.15) is 0 Å². The Kier molecular flexibility index (Phi) is 11.1. The van der Waals surface area contributed by atoms with Crippen molar-refractivity contribution < 1.29 is 29.0 Å². The molecule has 2 aromatic heterocycles. The molecule has 11 nitrogen and oxygen atoms in total. The fraction of sp³-hybridized carbons (Fsp3) is 0.607. The van der Waals surface area contributed by atoms with Gasteiger partial charge >= 0.3 is 11.9 Å². The molecular weight excluding hydrogens is 534 g/mol. The zero-order valence-electron chi connectivity index (χ0n) is 23.7. The minimum Gasteiger partial charge on any atom is -0.481 e. The number of hydrogen-bond acceptors (Lipinski definition) is 9. The number of nitrogens with zero attached hydrogens (tertiary/aromatic N) is 4. The summed E-state index contributed by atoms with van der Waals surface area (Å²) in [6.45, 7) is 6.94. The second-order valence-corrected chi connectivity index (χ2v) is 11.8. The number of carbonyl (C=O) groups excluding carboxylic acids is 3. The predicted octanol–water partition coefficient (Wildman–Crippen LogP) is 3.66. The first-order valence-electron chi connectivity index (χ1n) is 13.6. The summed E-state index contributed by atoms with van der Waals surface area (Å²) in [7, 11) is 1.79. The van der Waals surface area contributed by atoms with Gasteiger partial charge < -0.3 is 20.1 Å². The highest BCUT2D eigenvalue weighted by molar-refractivity contribution is 7.09. The lowest BCUT2D eigenvalue weighted by Crippen LogP contribution is -2.42. The number of ether oxygens (including phenoxy) is 1. The summed E-state index contributed by atoms with van der Waals surface area (Å²) in [5, 5.41) is 14.3. The van der Waals surface area contributed by atoms with Crippen LogP contribution in [0.5, 0.6) is 0 Å². The zero-order chi connectivity index (χ0) is 29.4. The van der Waals surface area contributed by atoms with Crippen LogP contribution in [0.3, 0.4) is 0 Å². The first-order chi connectivity index (χ1) is 18.9. The molecular formula is C28H39N5O6S. The molecule has 2 N–H and O–H groups in total. The lowest BCUT2D eigenvalue weighted by molar-refractivity contribution is -0.148. The quantitative estimate of drug-likeness (QED) is 0.304. The van der Waals surface area contributed by atoms with Crippen molar-refractivity contribution in [2.24, 2.45) is 17.8 Å². The average molecular weight is 574 g/mol. The van der Waals surface area contributed by atoms with E-state index in [0.29, 0.717) is 29.6 Å². The maximum Gasteiger partial charge on any atom is 0.306 e. The number of amides is 2. The highest BCUT2D eigenvalue weighted by Gasteiger charge is 2.33. The summed E-state index contributed by atoms with van der Waals surface area (Å²) in [5.41, 5.74) is 0.137. The maximum atomic E-state index is 13.2. The van der Waals surface area contributed by atoms with Crippen molar-refractivity contribution in [2.75, 3.05) is 7.05 Å². The average Bonchev–Trinajstić information content (AvgIpc) is 3.56. The van der Waals surface area contributed by atoms with Crippen LogP contribution < -0.4 is 5.32 Å². The van der Waals surface area contributed by atoms with Gasteiger partial charge in [0.1, 0.15) is 16.5 Å². The Morgan fingerprint density at radius 3 is 2.40 bits per heavy atom. The first kappa shape index (κ1) is 31.1. The lowest BCUT2D eigenvalue weighted by atomic mass is 9.96. The summed E-state index contributed by atoms with van der Waals surface area (Å²) in [6.07, 6.45) is 5.93. The van der Waals surface area contributed by atoms with Gasteiger partial charge in [-0.25, -0.2) is 15.0 Å². The van der Waals surface area contributed by atoms with E-state index in [1.807, 2.05) is 13.8 Å². The number of hydrogen-bond donors (Lipinski definition) is 2. The van der Waals surface area contributed by atoms with Crippen LogP contribution in [-0.4, -0.2) is 67.8 Å². The maximum absolute atomic E-state index is 13.2. The number of aliphatic carboxylic acids is 1. The molecule has 2 heterocycles. The van der Waals surface area contributed by atoms with E-state index in [0.717, 1.165) is 12.8 Å². The molecule has 1 saturated carbocycles.